The van der Waals surface area contributed by atoms with Gasteiger partial charge in [-0.25, -0.2) is 4.68 Å². The second kappa shape index (κ2) is 4.60. The van der Waals surface area contributed by atoms with Crippen molar-refractivity contribution < 1.29 is 13.9 Å². The lowest BCUT2D eigenvalue weighted by Gasteiger charge is -1.95. The van der Waals surface area contributed by atoms with Crippen molar-refractivity contribution in [3.05, 3.63) is 54.8 Å². The van der Waals surface area contributed by atoms with Crippen molar-refractivity contribution in [3.63, 3.8) is 0 Å². The molecule has 3 aromatic heterocycles. The number of aromatic nitrogens is 3. The summed E-state index contributed by atoms with van der Waals surface area (Å²) < 4.78 is 12.3. The third kappa shape index (κ3) is 1.85. The molecule has 0 atom stereocenters. The van der Waals surface area contributed by atoms with Crippen LogP contribution in [0.3, 0.4) is 0 Å². The van der Waals surface area contributed by atoms with Gasteiger partial charge in [0.15, 0.2) is 18.0 Å². The van der Waals surface area contributed by atoms with Crippen molar-refractivity contribution in [1.82, 2.24) is 14.8 Å². The Bertz CT molecular complexity index is 890. The lowest BCUT2D eigenvalue weighted by Crippen LogP contribution is -1.96. The first-order valence-electron chi connectivity index (χ1n) is 6.43. The first-order valence-corrected chi connectivity index (χ1v) is 6.43. The number of furan rings is 1. The van der Waals surface area contributed by atoms with E-state index < -0.39 is 0 Å². The number of hydrogen-bond donors (Lipinski definition) is 1. The predicted octanol–water partition coefficient (Wildman–Crippen LogP) is 2.77. The van der Waals surface area contributed by atoms with Crippen LogP contribution in [0, 0.1) is 0 Å². The van der Waals surface area contributed by atoms with Gasteiger partial charge in [0, 0.05) is 5.39 Å². The van der Waals surface area contributed by atoms with Crippen LogP contribution < -0.4 is 0 Å². The molecule has 1 N–H and O–H groups in total. The topological polar surface area (TPSA) is 77.2 Å². The van der Waals surface area contributed by atoms with E-state index in [2.05, 4.69) is 10.1 Å². The molecule has 0 spiro atoms. The van der Waals surface area contributed by atoms with Crippen LogP contribution in [0.5, 0.6) is 0 Å². The summed E-state index contributed by atoms with van der Waals surface area (Å²) in [6.07, 6.45) is 2.90. The summed E-state index contributed by atoms with van der Waals surface area (Å²) in [5.41, 5.74) is 1.61. The molecule has 3 heterocycles. The van der Waals surface area contributed by atoms with Gasteiger partial charge in [-0.1, -0.05) is 18.2 Å². The number of nitrogens with zero attached hydrogens (tertiary/aromatic N) is 3. The Morgan fingerprint density at radius 1 is 1.14 bits per heavy atom. The lowest BCUT2D eigenvalue weighted by atomic mass is 10.2. The Morgan fingerprint density at radius 3 is 2.81 bits per heavy atom. The molecule has 6 nitrogen and oxygen atoms in total. The molecule has 0 fully saturated rings. The summed E-state index contributed by atoms with van der Waals surface area (Å²) in [6.45, 7) is -0.137. The van der Waals surface area contributed by atoms with E-state index in [4.69, 9.17) is 13.9 Å². The first kappa shape index (κ1) is 11.9. The zero-order chi connectivity index (χ0) is 14.2. The van der Waals surface area contributed by atoms with E-state index in [1.807, 2.05) is 24.3 Å². The number of hydrogen-bond acceptors (Lipinski definition) is 5. The molecule has 0 aliphatic carbocycles. The predicted molar refractivity (Wildman–Crippen MR) is 74.8 cm³/mol. The molecule has 4 rings (SSSR count). The SMILES string of the molecule is OCc1ccc(-c2nn(-c3cocn3)c3ccccc23)o1. The zero-order valence-corrected chi connectivity index (χ0v) is 10.9. The number of aliphatic hydroxyl groups excluding tert-OH is 1. The molecule has 0 unspecified atom stereocenters. The number of para-hydroxylation sites is 1. The van der Waals surface area contributed by atoms with Crippen LogP contribution in [0.1, 0.15) is 5.76 Å². The molecule has 6 heteroatoms. The van der Waals surface area contributed by atoms with E-state index in [9.17, 15) is 0 Å². The molecule has 1 aromatic carbocycles. The minimum absolute atomic E-state index is 0.137. The van der Waals surface area contributed by atoms with Gasteiger partial charge >= 0.3 is 0 Å². The van der Waals surface area contributed by atoms with Crippen molar-refractivity contribution in [2.75, 3.05) is 0 Å². The third-order valence-corrected chi connectivity index (χ3v) is 3.27. The number of rotatable bonds is 3. The summed E-state index contributed by atoms with van der Waals surface area (Å²) >= 11 is 0. The quantitative estimate of drug-likeness (QED) is 0.624. The summed E-state index contributed by atoms with van der Waals surface area (Å²) in [5, 5.41) is 14.6. The summed E-state index contributed by atoms with van der Waals surface area (Å²) in [5.74, 6) is 1.72. The molecule has 0 amide bonds. The highest BCUT2D eigenvalue weighted by atomic mass is 16.4. The van der Waals surface area contributed by atoms with E-state index in [0.29, 0.717) is 23.0 Å². The Kier molecular flexibility index (Phi) is 2.61. The molecule has 104 valence electrons. The third-order valence-electron chi connectivity index (χ3n) is 3.27. The molecule has 0 saturated heterocycles. The van der Waals surface area contributed by atoms with E-state index in [1.165, 1.54) is 12.7 Å². The highest BCUT2D eigenvalue weighted by Gasteiger charge is 2.16. The second-order valence-corrected chi connectivity index (χ2v) is 4.55. The van der Waals surface area contributed by atoms with Crippen LogP contribution in [-0.4, -0.2) is 19.9 Å². The van der Waals surface area contributed by atoms with Gasteiger partial charge in [-0.2, -0.15) is 10.1 Å². The van der Waals surface area contributed by atoms with Crippen molar-refractivity contribution in [2.45, 2.75) is 6.61 Å². The maximum Gasteiger partial charge on any atom is 0.192 e. The standard InChI is InChI=1S/C15H11N3O3/c19-7-10-5-6-13(21-10)15-11-3-1-2-4-12(11)18(17-15)14-8-20-9-16-14/h1-6,8-9,19H,7H2. The fraction of sp³-hybridized carbons (Fsp3) is 0.0667. The molecule has 4 aromatic rings. The molecule has 0 bridgehead atoms. The zero-order valence-electron chi connectivity index (χ0n) is 10.9. The summed E-state index contributed by atoms with van der Waals surface area (Å²) in [4.78, 5) is 4.13. The van der Waals surface area contributed by atoms with Crippen LogP contribution in [0.25, 0.3) is 28.2 Å². The first-order chi connectivity index (χ1) is 10.4. The van der Waals surface area contributed by atoms with Crippen LogP contribution in [0.4, 0.5) is 0 Å². The van der Waals surface area contributed by atoms with Crippen LogP contribution in [-0.2, 0) is 6.61 Å². The second-order valence-electron chi connectivity index (χ2n) is 4.55. The highest BCUT2D eigenvalue weighted by molar-refractivity contribution is 5.92. The number of oxazole rings is 1. The van der Waals surface area contributed by atoms with Gasteiger partial charge in [-0.15, -0.1) is 0 Å². The maximum absolute atomic E-state index is 9.12. The normalized spacial score (nSPS) is 11.3. The van der Waals surface area contributed by atoms with Gasteiger partial charge < -0.3 is 13.9 Å². The largest absolute Gasteiger partial charge is 0.457 e. The molecular weight excluding hydrogens is 270 g/mol. The number of aliphatic hydroxyl groups is 1. The van der Waals surface area contributed by atoms with Crippen molar-refractivity contribution >= 4 is 10.9 Å². The van der Waals surface area contributed by atoms with Gasteiger partial charge in [0.2, 0.25) is 0 Å². The molecule has 0 radical (unpaired) electrons. The van der Waals surface area contributed by atoms with E-state index in [0.717, 1.165) is 10.9 Å². The van der Waals surface area contributed by atoms with E-state index in [1.54, 1.807) is 16.8 Å². The Labute approximate surface area is 119 Å². The minimum atomic E-state index is -0.137. The van der Waals surface area contributed by atoms with Crippen molar-refractivity contribution in [2.24, 2.45) is 0 Å². The van der Waals surface area contributed by atoms with Crippen molar-refractivity contribution in [1.29, 1.82) is 0 Å². The Morgan fingerprint density at radius 2 is 2.05 bits per heavy atom. The highest BCUT2D eigenvalue weighted by Crippen LogP contribution is 2.30. The van der Waals surface area contributed by atoms with Crippen molar-refractivity contribution in [3.8, 4) is 17.3 Å². The summed E-state index contributed by atoms with van der Waals surface area (Å²) in [7, 11) is 0. The van der Waals surface area contributed by atoms with Crippen LogP contribution in [0.15, 0.2) is 57.9 Å². The van der Waals surface area contributed by atoms with Gasteiger partial charge in [0.25, 0.3) is 0 Å². The van der Waals surface area contributed by atoms with Gasteiger partial charge in [-0.3, -0.25) is 0 Å². The van der Waals surface area contributed by atoms with Gasteiger partial charge in [0.05, 0.1) is 5.52 Å². The number of benzene rings is 1. The van der Waals surface area contributed by atoms with Crippen LogP contribution in [0.2, 0.25) is 0 Å². The monoisotopic (exact) mass is 281 g/mol. The smallest absolute Gasteiger partial charge is 0.192 e. The molecule has 21 heavy (non-hydrogen) atoms. The average molecular weight is 281 g/mol. The van der Waals surface area contributed by atoms with Gasteiger partial charge in [-0.05, 0) is 18.2 Å². The minimum Gasteiger partial charge on any atom is -0.457 e. The van der Waals surface area contributed by atoms with Gasteiger partial charge in [0.1, 0.15) is 24.3 Å². The lowest BCUT2D eigenvalue weighted by molar-refractivity contribution is 0.248. The fourth-order valence-electron chi connectivity index (χ4n) is 2.32. The Hall–Kier alpha value is -2.86. The molecule has 0 saturated carbocycles. The van der Waals surface area contributed by atoms with E-state index in [-0.39, 0.29) is 6.61 Å². The van der Waals surface area contributed by atoms with E-state index >= 15 is 0 Å². The van der Waals surface area contributed by atoms with Crippen LogP contribution >= 0.6 is 0 Å². The average Bonchev–Trinajstić information content (AvgIpc) is 3.25. The molecular formula is C15H11N3O3. The fourth-order valence-corrected chi connectivity index (χ4v) is 2.32. The molecule has 0 aliphatic heterocycles. The maximum atomic E-state index is 9.12. The summed E-state index contributed by atoms with van der Waals surface area (Å²) in [6, 6.07) is 11.3. The molecule has 0 aliphatic rings. The Balaban J connectivity index is 1.97. The number of fused-ring (bicyclic) bond motifs is 1.